The number of hydrogen-bond acceptors (Lipinski definition) is 8. The van der Waals surface area contributed by atoms with Gasteiger partial charge in [0, 0.05) is 20.6 Å². The Morgan fingerprint density at radius 2 is 1.86 bits per heavy atom. The van der Waals surface area contributed by atoms with Gasteiger partial charge in [0.05, 0.1) is 7.11 Å². The third kappa shape index (κ3) is 4.73. The maximum Gasteiger partial charge on any atom is 0.328 e. The molecule has 21 heavy (non-hydrogen) atoms. The van der Waals surface area contributed by atoms with E-state index in [1.807, 2.05) is 34.9 Å². The number of carbonyl (C=O) groups is 1. The van der Waals surface area contributed by atoms with Gasteiger partial charge in [0.2, 0.25) is 17.8 Å². The van der Waals surface area contributed by atoms with Gasteiger partial charge in [-0.15, -0.1) is 0 Å². The molecule has 8 nitrogen and oxygen atoms in total. The smallest absolute Gasteiger partial charge is 0.328 e. The van der Waals surface area contributed by atoms with Crippen molar-refractivity contribution in [2.24, 2.45) is 5.92 Å². The second kappa shape index (κ2) is 7.61. The lowest BCUT2D eigenvalue weighted by Gasteiger charge is -2.21. The van der Waals surface area contributed by atoms with Crippen molar-refractivity contribution in [1.29, 1.82) is 0 Å². The molecule has 0 aromatic carbocycles. The highest BCUT2D eigenvalue weighted by molar-refractivity contribution is 5.78. The first kappa shape index (κ1) is 16.9. The molecule has 0 aliphatic heterocycles. The minimum atomic E-state index is -0.512. The molecule has 1 aromatic rings. The normalized spacial score (nSPS) is 12.0. The van der Waals surface area contributed by atoms with Crippen molar-refractivity contribution >= 4 is 23.8 Å². The summed E-state index contributed by atoms with van der Waals surface area (Å²) >= 11 is 0. The topological polar surface area (TPSA) is 92.3 Å². The number of hydrogen-bond donors (Lipinski definition) is 2. The van der Waals surface area contributed by atoms with E-state index in [-0.39, 0.29) is 11.9 Å². The molecular formula is C13H24N6O2. The molecule has 118 valence electrons. The molecule has 0 saturated heterocycles. The van der Waals surface area contributed by atoms with Crippen LogP contribution in [-0.2, 0) is 9.53 Å². The van der Waals surface area contributed by atoms with Crippen LogP contribution in [0, 0.1) is 5.92 Å². The van der Waals surface area contributed by atoms with E-state index in [1.54, 1.807) is 4.90 Å². The van der Waals surface area contributed by atoms with Gasteiger partial charge in [-0.1, -0.05) is 13.8 Å². The second-order valence-corrected chi connectivity index (χ2v) is 5.10. The second-order valence-electron chi connectivity index (χ2n) is 5.10. The van der Waals surface area contributed by atoms with E-state index in [0.717, 1.165) is 0 Å². The zero-order valence-corrected chi connectivity index (χ0v) is 13.5. The first-order chi connectivity index (χ1) is 9.88. The number of methoxy groups -OCH3 is 1. The highest BCUT2D eigenvalue weighted by Gasteiger charge is 2.24. The van der Waals surface area contributed by atoms with Gasteiger partial charge >= 0.3 is 5.97 Å². The van der Waals surface area contributed by atoms with E-state index in [1.165, 1.54) is 7.11 Å². The molecular weight excluding hydrogens is 272 g/mol. The van der Waals surface area contributed by atoms with Crippen LogP contribution in [0.3, 0.4) is 0 Å². The number of rotatable bonds is 7. The summed E-state index contributed by atoms with van der Waals surface area (Å²) in [5, 5.41) is 6.06. The first-order valence-electron chi connectivity index (χ1n) is 6.90. The van der Waals surface area contributed by atoms with E-state index >= 15 is 0 Å². The summed E-state index contributed by atoms with van der Waals surface area (Å²) in [7, 11) is 5.05. The molecule has 2 N–H and O–H groups in total. The van der Waals surface area contributed by atoms with E-state index in [4.69, 9.17) is 4.74 Å². The fourth-order valence-electron chi connectivity index (χ4n) is 1.63. The number of nitrogens with zero attached hydrogens (tertiary/aromatic N) is 4. The molecule has 0 aliphatic rings. The maximum atomic E-state index is 11.8. The Labute approximate surface area is 125 Å². The van der Waals surface area contributed by atoms with Crippen LogP contribution >= 0.6 is 0 Å². The van der Waals surface area contributed by atoms with Crippen molar-refractivity contribution in [2.45, 2.75) is 26.8 Å². The van der Waals surface area contributed by atoms with Crippen LogP contribution < -0.4 is 15.5 Å². The number of aromatic nitrogens is 3. The van der Waals surface area contributed by atoms with Crippen molar-refractivity contribution < 1.29 is 9.53 Å². The minimum Gasteiger partial charge on any atom is -0.467 e. The van der Waals surface area contributed by atoms with Gasteiger partial charge in [0.25, 0.3) is 0 Å². The minimum absolute atomic E-state index is 0.0413. The number of nitrogens with one attached hydrogen (secondary N) is 2. The van der Waals surface area contributed by atoms with Gasteiger partial charge in [0.15, 0.2) is 0 Å². The Hall–Kier alpha value is -2.12. The molecule has 1 rings (SSSR count). The van der Waals surface area contributed by atoms with Crippen LogP contribution in [0.4, 0.5) is 17.8 Å². The third-order valence-electron chi connectivity index (χ3n) is 2.76. The molecule has 0 amide bonds. The van der Waals surface area contributed by atoms with Crippen molar-refractivity contribution in [3.05, 3.63) is 0 Å². The molecule has 8 heteroatoms. The Morgan fingerprint density at radius 1 is 1.24 bits per heavy atom. The average Bonchev–Trinajstić information content (AvgIpc) is 2.43. The number of esters is 1. The van der Waals surface area contributed by atoms with E-state index in [0.29, 0.717) is 24.4 Å². The summed E-state index contributed by atoms with van der Waals surface area (Å²) in [6, 6.07) is -0.512. The van der Waals surface area contributed by atoms with Gasteiger partial charge in [-0.05, 0) is 12.8 Å². The lowest BCUT2D eigenvalue weighted by molar-refractivity contribution is -0.142. The standard InChI is InChI=1S/C13H24N6O2/c1-7-14-11-16-12(18-13(17-11)19(4)5)15-9(8(2)3)10(20)21-6/h8-9H,7H2,1-6H3,(H2,14,15,16,17,18). The summed E-state index contributed by atoms with van der Waals surface area (Å²) in [6.45, 7) is 6.50. The fourth-order valence-corrected chi connectivity index (χ4v) is 1.63. The van der Waals surface area contributed by atoms with Crippen LogP contribution in [0.5, 0.6) is 0 Å². The Bertz CT molecular complexity index is 478. The van der Waals surface area contributed by atoms with Gasteiger partial charge in [-0.3, -0.25) is 0 Å². The van der Waals surface area contributed by atoms with Crippen molar-refractivity contribution in [3.8, 4) is 0 Å². The van der Waals surface area contributed by atoms with Crippen molar-refractivity contribution in [1.82, 2.24) is 15.0 Å². The Morgan fingerprint density at radius 3 is 2.33 bits per heavy atom. The molecule has 1 atom stereocenters. The molecule has 1 unspecified atom stereocenters. The summed E-state index contributed by atoms with van der Waals surface area (Å²) in [6.07, 6.45) is 0. The number of anilines is 3. The molecule has 0 fully saturated rings. The van der Waals surface area contributed by atoms with Crippen LogP contribution in [0.15, 0.2) is 0 Å². The van der Waals surface area contributed by atoms with Crippen molar-refractivity contribution in [2.75, 3.05) is 43.3 Å². The number of ether oxygens (including phenoxy) is 1. The first-order valence-corrected chi connectivity index (χ1v) is 6.90. The molecule has 0 aliphatic carbocycles. The summed E-state index contributed by atoms with van der Waals surface area (Å²) < 4.78 is 4.80. The third-order valence-corrected chi connectivity index (χ3v) is 2.76. The SMILES string of the molecule is CCNc1nc(NC(C(=O)OC)C(C)C)nc(N(C)C)n1. The largest absolute Gasteiger partial charge is 0.467 e. The van der Waals surface area contributed by atoms with Crippen molar-refractivity contribution in [3.63, 3.8) is 0 Å². The Balaban J connectivity index is 3.07. The number of carbonyl (C=O) groups excluding carboxylic acids is 1. The molecule has 0 radical (unpaired) electrons. The quantitative estimate of drug-likeness (QED) is 0.719. The summed E-state index contributed by atoms with van der Waals surface area (Å²) in [4.78, 5) is 26.4. The predicted molar refractivity (Wildman–Crippen MR) is 82.6 cm³/mol. The van der Waals surface area contributed by atoms with E-state index in [9.17, 15) is 4.79 Å². The van der Waals surface area contributed by atoms with Crippen LogP contribution in [0.2, 0.25) is 0 Å². The van der Waals surface area contributed by atoms with Gasteiger partial charge in [-0.2, -0.15) is 15.0 Å². The molecule has 1 heterocycles. The summed E-state index contributed by atoms with van der Waals surface area (Å²) in [5.41, 5.74) is 0. The van der Waals surface area contributed by atoms with Crippen LogP contribution in [0.25, 0.3) is 0 Å². The van der Waals surface area contributed by atoms with Crippen LogP contribution in [-0.4, -0.2) is 54.7 Å². The zero-order valence-electron chi connectivity index (χ0n) is 13.5. The Kier molecular flexibility index (Phi) is 6.13. The fraction of sp³-hybridized carbons (Fsp3) is 0.692. The molecule has 0 spiro atoms. The van der Waals surface area contributed by atoms with Gasteiger partial charge in [0.1, 0.15) is 6.04 Å². The monoisotopic (exact) mass is 296 g/mol. The van der Waals surface area contributed by atoms with Gasteiger partial charge in [-0.25, -0.2) is 4.79 Å². The lowest BCUT2D eigenvalue weighted by atomic mass is 10.1. The highest BCUT2D eigenvalue weighted by atomic mass is 16.5. The maximum absolute atomic E-state index is 11.8. The molecule has 0 bridgehead atoms. The van der Waals surface area contributed by atoms with E-state index < -0.39 is 6.04 Å². The summed E-state index contributed by atoms with van der Waals surface area (Å²) in [5.74, 6) is 1.01. The zero-order chi connectivity index (χ0) is 16.0. The van der Waals surface area contributed by atoms with Crippen LogP contribution in [0.1, 0.15) is 20.8 Å². The average molecular weight is 296 g/mol. The predicted octanol–water partition coefficient (Wildman–Crippen LogP) is 0.979. The molecule has 0 saturated carbocycles. The highest BCUT2D eigenvalue weighted by Crippen LogP contribution is 2.15. The van der Waals surface area contributed by atoms with E-state index in [2.05, 4.69) is 25.6 Å². The lowest BCUT2D eigenvalue weighted by Crippen LogP contribution is -2.36. The van der Waals surface area contributed by atoms with Gasteiger partial charge < -0.3 is 20.3 Å². The molecule has 1 aromatic heterocycles.